The van der Waals surface area contributed by atoms with Crippen molar-refractivity contribution in [3.8, 4) is 0 Å². The molecule has 18 heavy (non-hydrogen) atoms. The molecule has 0 aliphatic carbocycles. The SMILES string of the molecule is O=C(O)CC1SC(=N/N=C/c2ccco2)NC1=O. The van der Waals surface area contributed by atoms with Crippen molar-refractivity contribution in [1.29, 1.82) is 0 Å². The first-order valence-electron chi connectivity index (χ1n) is 4.99. The Hall–Kier alpha value is -2.09. The second-order valence-corrected chi connectivity index (χ2v) is 4.55. The van der Waals surface area contributed by atoms with Gasteiger partial charge in [-0.05, 0) is 12.1 Å². The van der Waals surface area contributed by atoms with Gasteiger partial charge in [0.15, 0.2) is 5.17 Å². The Morgan fingerprint density at radius 3 is 3.17 bits per heavy atom. The summed E-state index contributed by atoms with van der Waals surface area (Å²) in [4.78, 5) is 21.9. The van der Waals surface area contributed by atoms with Crippen LogP contribution < -0.4 is 5.32 Å². The molecule has 1 atom stereocenters. The molecular formula is C10H9N3O4S. The number of nitrogens with one attached hydrogen (secondary N) is 1. The number of carbonyl (C=O) groups is 2. The van der Waals surface area contributed by atoms with E-state index in [1.807, 2.05) is 0 Å². The summed E-state index contributed by atoms with van der Waals surface area (Å²) in [5.41, 5.74) is 0. The number of thioether (sulfide) groups is 1. The van der Waals surface area contributed by atoms with Crippen LogP contribution in [-0.2, 0) is 9.59 Å². The Kier molecular flexibility index (Phi) is 3.78. The Balaban J connectivity index is 1.95. The lowest BCUT2D eigenvalue weighted by Gasteiger charge is -1.97. The van der Waals surface area contributed by atoms with Crippen molar-refractivity contribution >= 4 is 35.0 Å². The van der Waals surface area contributed by atoms with Gasteiger partial charge in [0.2, 0.25) is 5.91 Å². The Morgan fingerprint density at radius 2 is 2.50 bits per heavy atom. The largest absolute Gasteiger partial charge is 0.481 e. The number of furan rings is 1. The van der Waals surface area contributed by atoms with Gasteiger partial charge in [-0.15, -0.1) is 5.10 Å². The van der Waals surface area contributed by atoms with Crippen LogP contribution in [0.5, 0.6) is 0 Å². The van der Waals surface area contributed by atoms with E-state index in [1.165, 1.54) is 12.5 Å². The number of nitrogens with zero attached hydrogens (tertiary/aromatic N) is 2. The fraction of sp³-hybridized carbons (Fsp3) is 0.200. The molecule has 2 rings (SSSR count). The predicted octanol–water partition coefficient (Wildman–Crippen LogP) is 0.676. The lowest BCUT2D eigenvalue weighted by atomic mass is 10.3. The molecule has 0 spiro atoms. The lowest BCUT2D eigenvalue weighted by Crippen LogP contribution is -2.26. The monoisotopic (exact) mass is 267 g/mol. The van der Waals surface area contributed by atoms with E-state index in [1.54, 1.807) is 12.1 Å². The van der Waals surface area contributed by atoms with Gasteiger partial charge in [-0.1, -0.05) is 11.8 Å². The molecule has 1 aliphatic heterocycles. The van der Waals surface area contributed by atoms with E-state index in [0.717, 1.165) is 11.8 Å². The average Bonchev–Trinajstić information content (AvgIpc) is 2.90. The van der Waals surface area contributed by atoms with Crippen LogP contribution >= 0.6 is 11.8 Å². The van der Waals surface area contributed by atoms with Gasteiger partial charge >= 0.3 is 5.97 Å². The van der Waals surface area contributed by atoms with Gasteiger partial charge in [-0.25, -0.2) is 0 Å². The highest BCUT2D eigenvalue weighted by atomic mass is 32.2. The summed E-state index contributed by atoms with van der Waals surface area (Å²) in [5, 5.41) is 18.2. The van der Waals surface area contributed by atoms with E-state index in [2.05, 4.69) is 15.5 Å². The molecule has 94 valence electrons. The molecule has 7 nitrogen and oxygen atoms in total. The van der Waals surface area contributed by atoms with Crippen LogP contribution in [0.25, 0.3) is 0 Å². The molecule has 1 amide bonds. The maximum atomic E-state index is 11.4. The number of carboxylic acid groups (broad SMARTS) is 1. The predicted molar refractivity (Wildman–Crippen MR) is 65.5 cm³/mol. The molecule has 1 aliphatic rings. The Labute approximate surface area is 106 Å². The molecule has 1 unspecified atom stereocenters. The average molecular weight is 267 g/mol. The Morgan fingerprint density at radius 1 is 1.67 bits per heavy atom. The van der Waals surface area contributed by atoms with Crippen LogP contribution in [0, 0.1) is 0 Å². The zero-order valence-electron chi connectivity index (χ0n) is 9.07. The van der Waals surface area contributed by atoms with Gasteiger partial charge in [-0.2, -0.15) is 5.10 Å². The van der Waals surface area contributed by atoms with Gasteiger partial charge in [0.1, 0.15) is 11.0 Å². The third kappa shape index (κ3) is 3.20. The quantitative estimate of drug-likeness (QED) is 0.616. The highest BCUT2D eigenvalue weighted by Gasteiger charge is 2.32. The van der Waals surface area contributed by atoms with E-state index < -0.39 is 11.2 Å². The van der Waals surface area contributed by atoms with Crippen LogP contribution in [0.3, 0.4) is 0 Å². The molecular weight excluding hydrogens is 258 g/mol. The van der Waals surface area contributed by atoms with E-state index in [0.29, 0.717) is 5.76 Å². The van der Waals surface area contributed by atoms with Gasteiger partial charge in [-0.3, -0.25) is 9.59 Å². The summed E-state index contributed by atoms with van der Waals surface area (Å²) in [6.45, 7) is 0. The van der Waals surface area contributed by atoms with Gasteiger partial charge in [0, 0.05) is 0 Å². The first-order valence-corrected chi connectivity index (χ1v) is 5.87. The topological polar surface area (TPSA) is 104 Å². The third-order valence-electron chi connectivity index (χ3n) is 2.01. The third-order valence-corrected chi connectivity index (χ3v) is 3.09. The maximum absolute atomic E-state index is 11.4. The zero-order chi connectivity index (χ0) is 13.0. The molecule has 0 radical (unpaired) electrons. The number of amidine groups is 1. The fourth-order valence-corrected chi connectivity index (χ4v) is 2.16. The summed E-state index contributed by atoms with van der Waals surface area (Å²) >= 11 is 1.05. The minimum Gasteiger partial charge on any atom is -0.481 e. The molecule has 0 saturated carbocycles. The second kappa shape index (κ2) is 5.50. The first-order chi connectivity index (χ1) is 8.65. The summed E-state index contributed by atoms with van der Waals surface area (Å²) in [7, 11) is 0. The van der Waals surface area contributed by atoms with Crippen LogP contribution in [0.2, 0.25) is 0 Å². The lowest BCUT2D eigenvalue weighted by molar-refractivity contribution is -0.138. The van der Waals surface area contributed by atoms with Crippen molar-refractivity contribution < 1.29 is 19.1 Å². The molecule has 2 heterocycles. The first kappa shape index (κ1) is 12.4. The summed E-state index contributed by atoms with van der Waals surface area (Å²) in [5.74, 6) is -0.854. The van der Waals surface area contributed by atoms with Crippen LogP contribution in [0.4, 0.5) is 0 Å². The van der Waals surface area contributed by atoms with Crippen LogP contribution in [-0.4, -0.2) is 33.6 Å². The van der Waals surface area contributed by atoms with E-state index in [9.17, 15) is 9.59 Å². The highest BCUT2D eigenvalue weighted by Crippen LogP contribution is 2.22. The summed E-state index contributed by atoms with van der Waals surface area (Å²) in [6.07, 6.45) is 2.66. The maximum Gasteiger partial charge on any atom is 0.305 e. The minimum atomic E-state index is -1.03. The molecule has 1 fully saturated rings. The van der Waals surface area contributed by atoms with Crippen molar-refractivity contribution in [1.82, 2.24) is 5.32 Å². The van der Waals surface area contributed by atoms with Crippen LogP contribution in [0.1, 0.15) is 12.2 Å². The number of rotatable bonds is 4. The second-order valence-electron chi connectivity index (χ2n) is 3.36. The number of carbonyl (C=O) groups excluding carboxylic acids is 1. The minimum absolute atomic E-state index is 0.239. The van der Waals surface area contributed by atoms with Crippen molar-refractivity contribution in [2.24, 2.45) is 10.2 Å². The van der Waals surface area contributed by atoms with Crippen molar-refractivity contribution in [2.75, 3.05) is 0 Å². The van der Waals surface area contributed by atoms with Gasteiger partial charge in [0.05, 0.1) is 18.9 Å². The van der Waals surface area contributed by atoms with E-state index in [4.69, 9.17) is 9.52 Å². The molecule has 1 aromatic rings. The van der Waals surface area contributed by atoms with Crippen LogP contribution in [0.15, 0.2) is 33.0 Å². The highest BCUT2D eigenvalue weighted by molar-refractivity contribution is 8.15. The molecule has 0 aromatic carbocycles. The smallest absolute Gasteiger partial charge is 0.305 e. The Bertz CT molecular complexity index is 509. The number of carboxylic acids is 1. The fourth-order valence-electron chi connectivity index (χ4n) is 1.25. The zero-order valence-corrected chi connectivity index (χ0v) is 9.88. The van der Waals surface area contributed by atoms with Crippen molar-refractivity contribution in [3.63, 3.8) is 0 Å². The van der Waals surface area contributed by atoms with Gasteiger partial charge < -0.3 is 14.8 Å². The normalized spacial score (nSPS) is 21.7. The van der Waals surface area contributed by atoms with Crippen molar-refractivity contribution in [2.45, 2.75) is 11.7 Å². The van der Waals surface area contributed by atoms with E-state index >= 15 is 0 Å². The molecule has 2 N–H and O–H groups in total. The van der Waals surface area contributed by atoms with E-state index in [-0.39, 0.29) is 17.5 Å². The molecule has 8 heteroatoms. The van der Waals surface area contributed by atoms with Gasteiger partial charge in [0.25, 0.3) is 0 Å². The molecule has 1 saturated heterocycles. The number of aliphatic carboxylic acids is 1. The number of hydrogen-bond acceptors (Lipinski definition) is 6. The summed E-state index contributed by atoms with van der Waals surface area (Å²) < 4.78 is 5.00. The number of hydrogen-bond donors (Lipinski definition) is 2. The summed E-state index contributed by atoms with van der Waals surface area (Å²) in [6, 6.07) is 3.42. The molecule has 1 aromatic heterocycles. The van der Waals surface area contributed by atoms with Crippen molar-refractivity contribution in [3.05, 3.63) is 24.2 Å². The molecule has 0 bridgehead atoms. The standard InChI is InChI=1S/C10H9N3O4S/c14-8(15)4-7-9(16)12-10(18-7)13-11-5-6-2-1-3-17-6/h1-3,5,7H,4H2,(H,14,15)(H,12,13,16)/b11-5+. The number of amides is 1.